The van der Waals surface area contributed by atoms with E-state index in [1.54, 1.807) is 0 Å². The molecule has 4 N–H and O–H groups in total. The lowest BCUT2D eigenvalue weighted by molar-refractivity contribution is 0.0574. The van der Waals surface area contributed by atoms with Gasteiger partial charge < -0.3 is 14.2 Å². The van der Waals surface area contributed by atoms with E-state index in [2.05, 4.69) is 21.5 Å². The summed E-state index contributed by atoms with van der Waals surface area (Å²) in [4.78, 5) is 12.1. The van der Waals surface area contributed by atoms with Crippen LogP contribution in [0.25, 0.3) is 0 Å². The molecule has 0 aliphatic carbocycles. The Bertz CT molecular complexity index is 1380. The molecule has 24 heteroatoms. The van der Waals surface area contributed by atoms with Crippen molar-refractivity contribution in [1.82, 2.24) is 0 Å². The van der Waals surface area contributed by atoms with Crippen molar-refractivity contribution >= 4 is 47.6 Å². The van der Waals surface area contributed by atoms with Crippen LogP contribution < -0.4 is 9.47 Å². The third-order valence-electron chi connectivity index (χ3n) is 3.54. The van der Waals surface area contributed by atoms with Crippen LogP contribution in [0.15, 0.2) is 18.2 Å². The third kappa shape index (κ3) is 15.2. The predicted molar refractivity (Wildman–Crippen MR) is 117 cm³/mol. The standard InChI is InChI=1S/C14H20O20S4/c1-28-14(15)12-4-9(29-5-10(33-37(22,23)24)7-31-35(16,17)18)2-3-13(12)30-6-11(34-38(25,26)27)8-32-36(19,20)21/h2-4,10-11H,5-8H2,1H3,(H,16,17,18)(H,19,20,21)(H,22,23,24)(H,25,26,27)/t10-,11+/m0/s1. The van der Waals surface area contributed by atoms with Gasteiger partial charge in [-0.3, -0.25) is 18.2 Å². The van der Waals surface area contributed by atoms with E-state index in [0.29, 0.717) is 0 Å². The van der Waals surface area contributed by atoms with Crippen LogP contribution in [-0.2, 0) is 63.1 Å². The Morgan fingerprint density at radius 3 is 1.55 bits per heavy atom. The molecular weight excluding hydrogens is 616 g/mol. The summed E-state index contributed by atoms with van der Waals surface area (Å²) in [5.74, 6) is -1.68. The number of rotatable bonds is 17. The fraction of sp³-hybridized carbons (Fsp3) is 0.500. The highest BCUT2D eigenvalue weighted by atomic mass is 32.3. The molecular formula is C14H20O20S4. The maximum Gasteiger partial charge on any atom is 0.397 e. The monoisotopic (exact) mass is 636 g/mol. The minimum absolute atomic E-state index is 0.242. The van der Waals surface area contributed by atoms with Crippen molar-refractivity contribution in [2.24, 2.45) is 0 Å². The number of esters is 1. The largest absolute Gasteiger partial charge is 0.491 e. The third-order valence-corrected chi connectivity index (χ3v) is 5.44. The Balaban J connectivity index is 3.09. The van der Waals surface area contributed by atoms with E-state index in [-0.39, 0.29) is 11.5 Å². The first-order valence-electron chi connectivity index (χ1n) is 9.20. The van der Waals surface area contributed by atoms with Gasteiger partial charge in [-0.1, -0.05) is 0 Å². The first-order valence-corrected chi connectivity index (χ1v) is 14.7. The number of ether oxygens (including phenoxy) is 3. The van der Waals surface area contributed by atoms with Gasteiger partial charge in [0.15, 0.2) is 0 Å². The molecule has 0 heterocycles. The van der Waals surface area contributed by atoms with Crippen LogP contribution in [0.2, 0.25) is 0 Å². The molecule has 20 nitrogen and oxygen atoms in total. The van der Waals surface area contributed by atoms with Crippen LogP contribution in [0, 0.1) is 0 Å². The number of carbonyl (C=O) groups is 1. The number of hydrogen-bond acceptors (Lipinski definition) is 16. The highest BCUT2D eigenvalue weighted by Gasteiger charge is 2.24. The fourth-order valence-corrected chi connectivity index (χ4v) is 3.80. The molecule has 0 aromatic heterocycles. The van der Waals surface area contributed by atoms with E-state index >= 15 is 0 Å². The lowest BCUT2D eigenvalue weighted by Crippen LogP contribution is -2.31. The van der Waals surface area contributed by atoms with Crippen LogP contribution in [0.5, 0.6) is 11.5 Å². The summed E-state index contributed by atoms with van der Waals surface area (Å²) < 4.78 is 153. The summed E-state index contributed by atoms with van der Waals surface area (Å²) in [5.41, 5.74) is -0.423. The van der Waals surface area contributed by atoms with Crippen molar-refractivity contribution < 1.29 is 87.6 Å². The van der Waals surface area contributed by atoms with Crippen molar-refractivity contribution in [3.05, 3.63) is 23.8 Å². The fourth-order valence-electron chi connectivity index (χ4n) is 2.24. The van der Waals surface area contributed by atoms with Crippen molar-refractivity contribution in [3.63, 3.8) is 0 Å². The molecule has 0 fully saturated rings. The maximum absolute atomic E-state index is 12.1. The minimum Gasteiger partial charge on any atom is -0.491 e. The first kappa shape index (κ1) is 33.8. The molecule has 0 unspecified atom stereocenters. The molecule has 0 aliphatic heterocycles. The van der Waals surface area contributed by atoms with Gasteiger partial charge in [-0.15, -0.1) is 0 Å². The van der Waals surface area contributed by atoms with Crippen LogP contribution in [0.1, 0.15) is 10.4 Å². The van der Waals surface area contributed by atoms with Crippen LogP contribution in [0.3, 0.4) is 0 Å². The van der Waals surface area contributed by atoms with E-state index in [4.69, 9.17) is 27.7 Å². The van der Waals surface area contributed by atoms with Crippen molar-refractivity contribution in [3.8, 4) is 11.5 Å². The predicted octanol–water partition coefficient (Wildman–Crippen LogP) is -1.75. The zero-order valence-electron chi connectivity index (χ0n) is 18.7. The average Bonchev–Trinajstić information content (AvgIpc) is 2.74. The lowest BCUT2D eigenvalue weighted by atomic mass is 10.2. The highest BCUT2D eigenvalue weighted by molar-refractivity contribution is 7.81. The maximum atomic E-state index is 12.1. The quantitative estimate of drug-likeness (QED) is 0.109. The smallest absolute Gasteiger partial charge is 0.397 e. The number of carbonyl (C=O) groups excluding carboxylic acids is 1. The molecule has 0 radical (unpaired) electrons. The molecule has 1 aromatic rings. The van der Waals surface area contributed by atoms with Crippen molar-refractivity contribution in [1.29, 1.82) is 0 Å². The van der Waals surface area contributed by atoms with Gasteiger partial charge in [0, 0.05) is 0 Å². The van der Waals surface area contributed by atoms with Crippen molar-refractivity contribution in [2.45, 2.75) is 12.2 Å². The Hall–Kier alpha value is -2.23. The molecule has 0 spiro atoms. The minimum atomic E-state index is -5.16. The van der Waals surface area contributed by atoms with Gasteiger partial charge in [-0.05, 0) is 18.2 Å². The van der Waals surface area contributed by atoms with Crippen molar-refractivity contribution in [2.75, 3.05) is 33.5 Å². The lowest BCUT2D eigenvalue weighted by Gasteiger charge is -2.18. The van der Waals surface area contributed by atoms with E-state index in [1.165, 1.54) is 0 Å². The van der Waals surface area contributed by atoms with Gasteiger partial charge in [0.2, 0.25) is 0 Å². The van der Waals surface area contributed by atoms with Crippen LogP contribution in [0.4, 0.5) is 0 Å². The summed E-state index contributed by atoms with van der Waals surface area (Å²) in [6.45, 7) is -4.03. The van der Waals surface area contributed by atoms with E-state index in [9.17, 15) is 38.5 Å². The average molecular weight is 637 g/mol. The normalized spacial score (nSPS) is 14.4. The summed E-state index contributed by atoms with van der Waals surface area (Å²) >= 11 is 0. The zero-order chi connectivity index (χ0) is 29.4. The number of hydrogen-bond donors (Lipinski definition) is 4. The molecule has 0 bridgehead atoms. The Labute approximate surface area is 216 Å². The number of methoxy groups -OCH3 is 1. The summed E-state index contributed by atoms with van der Waals surface area (Å²) in [6, 6.07) is 3.02. The Morgan fingerprint density at radius 2 is 1.16 bits per heavy atom. The van der Waals surface area contributed by atoms with Gasteiger partial charge >= 0.3 is 47.6 Å². The van der Waals surface area contributed by atoms with E-state index in [1.807, 2.05) is 0 Å². The summed E-state index contributed by atoms with van der Waals surface area (Å²) in [7, 11) is -19.4. The summed E-state index contributed by atoms with van der Waals surface area (Å²) in [6.07, 6.45) is -3.69. The SMILES string of the molecule is COC(=O)c1cc(OC[C@@H](COS(=O)(=O)O)OS(=O)(=O)O)ccc1OC[C@H](COS(=O)(=O)O)OS(=O)(=O)O. The van der Waals surface area contributed by atoms with Gasteiger partial charge in [-0.2, -0.15) is 33.7 Å². The van der Waals surface area contributed by atoms with Gasteiger partial charge in [-0.25, -0.2) is 21.5 Å². The second kappa shape index (κ2) is 13.7. The molecule has 0 saturated heterocycles. The molecule has 220 valence electrons. The molecule has 0 saturated carbocycles. The van der Waals surface area contributed by atoms with Gasteiger partial charge in [0.05, 0.1) is 20.3 Å². The van der Waals surface area contributed by atoms with Gasteiger partial charge in [0.25, 0.3) is 0 Å². The Morgan fingerprint density at radius 1 is 0.711 bits per heavy atom. The Kier molecular flexibility index (Phi) is 12.2. The molecule has 2 atom stereocenters. The topological polar surface area (TPSA) is 299 Å². The molecule has 38 heavy (non-hydrogen) atoms. The van der Waals surface area contributed by atoms with Gasteiger partial charge in [0.1, 0.15) is 42.5 Å². The molecule has 0 amide bonds. The molecule has 1 aromatic carbocycles. The van der Waals surface area contributed by atoms with Crippen LogP contribution in [-0.4, -0.2) is 104 Å². The molecule has 1 rings (SSSR count). The first-order chi connectivity index (χ1) is 17.2. The van der Waals surface area contributed by atoms with E-state index < -0.39 is 91.8 Å². The zero-order valence-corrected chi connectivity index (χ0v) is 21.9. The second-order valence-electron chi connectivity index (χ2n) is 6.49. The second-order valence-corrected chi connectivity index (χ2v) is 10.8. The number of benzene rings is 1. The summed E-state index contributed by atoms with van der Waals surface area (Å²) in [5, 5.41) is 0. The highest BCUT2D eigenvalue weighted by Crippen LogP contribution is 2.26. The van der Waals surface area contributed by atoms with E-state index in [0.717, 1.165) is 25.3 Å². The molecule has 0 aliphatic rings. The van der Waals surface area contributed by atoms with Crippen LogP contribution >= 0.6 is 0 Å².